The number of hydrogen-bond donors (Lipinski definition) is 2. The fraction of sp³-hybridized carbons (Fsp3) is 0.600. The van der Waals surface area contributed by atoms with Gasteiger partial charge in [0, 0.05) is 44.4 Å². The molecule has 0 aromatic heterocycles. The molecule has 0 amide bonds. The van der Waals surface area contributed by atoms with Crippen LogP contribution in [0.15, 0.2) is 18.2 Å². The average molecular weight is 303 g/mol. The Morgan fingerprint density at radius 2 is 2.05 bits per heavy atom. The van der Waals surface area contributed by atoms with Crippen LogP contribution in [0.5, 0.6) is 0 Å². The summed E-state index contributed by atoms with van der Waals surface area (Å²) in [6.45, 7) is 5.83. The molecule has 0 saturated carbocycles. The molecule has 0 bridgehead atoms. The average Bonchev–Trinajstić information content (AvgIpc) is 2.42. The minimum absolute atomic E-state index is 0. The molecule has 114 valence electrons. The van der Waals surface area contributed by atoms with Crippen LogP contribution in [0, 0.1) is 12.7 Å². The lowest BCUT2D eigenvalue weighted by molar-refractivity contribution is 0.151. The van der Waals surface area contributed by atoms with Crippen LogP contribution in [0.25, 0.3) is 0 Å². The van der Waals surface area contributed by atoms with Gasteiger partial charge in [0.25, 0.3) is 0 Å². The molecule has 1 fully saturated rings. The molecule has 1 aromatic carbocycles. The predicted molar refractivity (Wildman–Crippen MR) is 81.9 cm³/mol. The third-order valence-corrected chi connectivity index (χ3v) is 3.74. The van der Waals surface area contributed by atoms with E-state index in [4.69, 9.17) is 5.11 Å². The van der Waals surface area contributed by atoms with Crippen LogP contribution >= 0.6 is 12.4 Å². The largest absolute Gasteiger partial charge is 0.396 e. The molecule has 1 aromatic rings. The number of aliphatic hydroxyl groups excluding tert-OH is 1. The Hall–Kier alpha value is -0.680. The number of rotatable bonds is 5. The molecule has 3 nitrogen and oxygen atoms in total. The predicted octanol–water partition coefficient (Wildman–Crippen LogP) is 2.27. The van der Waals surface area contributed by atoms with E-state index in [0.717, 1.165) is 43.7 Å². The zero-order chi connectivity index (χ0) is 13.7. The van der Waals surface area contributed by atoms with E-state index in [1.165, 1.54) is 0 Å². The highest BCUT2D eigenvalue weighted by Crippen LogP contribution is 2.28. The Labute approximate surface area is 126 Å². The molecule has 5 heteroatoms. The van der Waals surface area contributed by atoms with Gasteiger partial charge in [-0.2, -0.15) is 0 Å². The van der Waals surface area contributed by atoms with Crippen molar-refractivity contribution in [2.75, 3.05) is 32.8 Å². The molecule has 0 spiro atoms. The van der Waals surface area contributed by atoms with Crippen LogP contribution in [0.4, 0.5) is 4.39 Å². The van der Waals surface area contributed by atoms with Crippen LogP contribution in [0.1, 0.15) is 30.0 Å². The Morgan fingerprint density at radius 1 is 1.35 bits per heavy atom. The van der Waals surface area contributed by atoms with Gasteiger partial charge in [0.05, 0.1) is 0 Å². The summed E-state index contributed by atoms with van der Waals surface area (Å²) in [7, 11) is 0. The van der Waals surface area contributed by atoms with Crippen LogP contribution in [-0.2, 0) is 0 Å². The molecular formula is C15H24ClFN2O. The minimum Gasteiger partial charge on any atom is -0.396 e. The number of aliphatic hydroxyl groups is 1. The van der Waals surface area contributed by atoms with Gasteiger partial charge in [0.15, 0.2) is 0 Å². The van der Waals surface area contributed by atoms with E-state index in [1.807, 2.05) is 19.1 Å². The monoisotopic (exact) mass is 302 g/mol. The molecule has 1 aliphatic rings. The Bertz CT molecular complexity index is 411. The number of piperazine rings is 1. The van der Waals surface area contributed by atoms with Crippen molar-refractivity contribution in [2.24, 2.45) is 0 Å². The first-order valence-electron chi connectivity index (χ1n) is 7.04. The maximum Gasteiger partial charge on any atom is 0.128 e. The van der Waals surface area contributed by atoms with Gasteiger partial charge in [-0.15, -0.1) is 12.4 Å². The van der Waals surface area contributed by atoms with Gasteiger partial charge in [-0.3, -0.25) is 4.90 Å². The van der Waals surface area contributed by atoms with Gasteiger partial charge in [-0.25, -0.2) is 4.39 Å². The van der Waals surface area contributed by atoms with E-state index in [1.54, 1.807) is 6.07 Å². The van der Waals surface area contributed by atoms with Crippen molar-refractivity contribution in [2.45, 2.75) is 25.8 Å². The highest BCUT2D eigenvalue weighted by molar-refractivity contribution is 5.85. The van der Waals surface area contributed by atoms with Crippen LogP contribution in [0.3, 0.4) is 0 Å². The van der Waals surface area contributed by atoms with E-state index >= 15 is 0 Å². The lowest BCUT2D eigenvalue weighted by Gasteiger charge is -2.35. The molecule has 1 aliphatic heterocycles. The van der Waals surface area contributed by atoms with Crippen molar-refractivity contribution in [3.8, 4) is 0 Å². The van der Waals surface area contributed by atoms with E-state index in [-0.39, 0.29) is 30.9 Å². The second-order valence-electron chi connectivity index (χ2n) is 5.19. The number of hydrogen-bond acceptors (Lipinski definition) is 3. The number of halogens is 2. The highest BCUT2D eigenvalue weighted by Gasteiger charge is 2.24. The summed E-state index contributed by atoms with van der Waals surface area (Å²) in [6, 6.07) is 5.54. The lowest BCUT2D eigenvalue weighted by Crippen LogP contribution is -2.45. The molecule has 2 N–H and O–H groups in total. The fourth-order valence-electron chi connectivity index (χ4n) is 2.72. The van der Waals surface area contributed by atoms with Crippen molar-refractivity contribution in [3.05, 3.63) is 35.1 Å². The molecular weight excluding hydrogens is 279 g/mol. The molecule has 20 heavy (non-hydrogen) atoms. The number of nitrogens with zero attached hydrogens (tertiary/aromatic N) is 1. The topological polar surface area (TPSA) is 35.5 Å². The summed E-state index contributed by atoms with van der Waals surface area (Å²) >= 11 is 0. The van der Waals surface area contributed by atoms with Crippen LogP contribution in [-0.4, -0.2) is 42.8 Å². The van der Waals surface area contributed by atoms with E-state index in [2.05, 4.69) is 10.2 Å². The summed E-state index contributed by atoms with van der Waals surface area (Å²) in [5, 5.41) is 12.4. The lowest BCUT2D eigenvalue weighted by atomic mass is 9.98. The Morgan fingerprint density at radius 3 is 2.65 bits per heavy atom. The van der Waals surface area contributed by atoms with E-state index in [0.29, 0.717) is 6.42 Å². The maximum atomic E-state index is 14.2. The number of nitrogens with one attached hydrogen (secondary N) is 1. The quantitative estimate of drug-likeness (QED) is 0.876. The van der Waals surface area contributed by atoms with Crippen molar-refractivity contribution < 1.29 is 9.50 Å². The second-order valence-corrected chi connectivity index (χ2v) is 5.19. The van der Waals surface area contributed by atoms with Gasteiger partial charge in [0.1, 0.15) is 5.82 Å². The summed E-state index contributed by atoms with van der Waals surface area (Å²) in [5.74, 6) is -0.124. The van der Waals surface area contributed by atoms with Gasteiger partial charge >= 0.3 is 0 Å². The van der Waals surface area contributed by atoms with Crippen molar-refractivity contribution in [1.29, 1.82) is 0 Å². The molecule has 1 heterocycles. The summed E-state index contributed by atoms with van der Waals surface area (Å²) in [5.41, 5.74) is 1.71. The van der Waals surface area contributed by atoms with Gasteiger partial charge in [0.2, 0.25) is 0 Å². The SMILES string of the molecule is Cc1ccc([C@@H](CCCO)N2CCNCC2)c(F)c1.Cl. The first-order chi connectivity index (χ1) is 9.22. The Kier molecular flexibility index (Phi) is 7.45. The molecule has 1 saturated heterocycles. The zero-order valence-corrected chi connectivity index (χ0v) is 12.8. The highest BCUT2D eigenvalue weighted by atomic mass is 35.5. The summed E-state index contributed by atoms with van der Waals surface area (Å²) < 4.78 is 14.2. The molecule has 0 unspecified atom stereocenters. The van der Waals surface area contributed by atoms with Crippen molar-refractivity contribution in [3.63, 3.8) is 0 Å². The minimum atomic E-state index is -0.124. The van der Waals surface area contributed by atoms with Crippen LogP contribution < -0.4 is 5.32 Å². The second kappa shape index (κ2) is 8.57. The standard InChI is InChI=1S/C15H23FN2O.ClH/c1-12-4-5-13(14(16)11-12)15(3-2-10-19)18-8-6-17-7-9-18;/h4-5,11,15,17,19H,2-3,6-10H2,1H3;1H/t15-;/m1./s1. The Balaban J connectivity index is 0.00000200. The molecule has 0 radical (unpaired) electrons. The van der Waals surface area contributed by atoms with Gasteiger partial charge in [-0.05, 0) is 31.4 Å². The van der Waals surface area contributed by atoms with Crippen LogP contribution in [0.2, 0.25) is 0 Å². The first kappa shape index (κ1) is 17.4. The first-order valence-corrected chi connectivity index (χ1v) is 7.04. The van der Waals surface area contributed by atoms with Crippen molar-refractivity contribution in [1.82, 2.24) is 10.2 Å². The molecule has 0 aliphatic carbocycles. The smallest absolute Gasteiger partial charge is 0.128 e. The fourth-order valence-corrected chi connectivity index (χ4v) is 2.72. The summed E-state index contributed by atoms with van der Waals surface area (Å²) in [4.78, 5) is 2.32. The van der Waals surface area contributed by atoms with Crippen molar-refractivity contribution >= 4 is 12.4 Å². The third-order valence-electron chi connectivity index (χ3n) is 3.74. The van der Waals surface area contributed by atoms with E-state index < -0.39 is 0 Å². The van der Waals surface area contributed by atoms with E-state index in [9.17, 15) is 4.39 Å². The zero-order valence-electron chi connectivity index (χ0n) is 11.9. The number of benzene rings is 1. The summed E-state index contributed by atoms with van der Waals surface area (Å²) in [6.07, 6.45) is 1.51. The molecule has 2 rings (SSSR count). The third kappa shape index (κ3) is 4.42. The maximum absolute atomic E-state index is 14.2. The molecule has 1 atom stereocenters. The van der Waals surface area contributed by atoms with Gasteiger partial charge < -0.3 is 10.4 Å². The normalized spacial score (nSPS) is 17.6. The number of aryl methyl sites for hydroxylation is 1. The van der Waals surface area contributed by atoms with Gasteiger partial charge in [-0.1, -0.05) is 12.1 Å².